The van der Waals surface area contributed by atoms with Crippen molar-refractivity contribution >= 4 is 11.6 Å². The van der Waals surface area contributed by atoms with Gasteiger partial charge in [-0.2, -0.15) is 0 Å². The van der Waals surface area contributed by atoms with Gasteiger partial charge < -0.3 is 19.6 Å². The zero-order chi connectivity index (χ0) is 15.1. The minimum atomic E-state index is 0.265. The molecule has 0 amide bonds. The summed E-state index contributed by atoms with van der Waals surface area (Å²) in [4.78, 5) is 17.7. The van der Waals surface area contributed by atoms with E-state index in [1.165, 1.54) is 0 Å². The summed E-state index contributed by atoms with van der Waals surface area (Å²) in [7, 11) is 4.14. The summed E-state index contributed by atoms with van der Waals surface area (Å²) in [6.07, 6.45) is 10.4. The Balaban J connectivity index is 1.97. The van der Waals surface area contributed by atoms with Crippen LogP contribution in [0.15, 0.2) is 31.1 Å². The predicted molar refractivity (Wildman–Crippen MR) is 84.5 cm³/mol. The Bertz CT molecular complexity index is 548. The van der Waals surface area contributed by atoms with E-state index in [-0.39, 0.29) is 12.3 Å². The summed E-state index contributed by atoms with van der Waals surface area (Å²) < 4.78 is 0. The summed E-state index contributed by atoms with van der Waals surface area (Å²) in [5.74, 6) is 1.92. The third kappa shape index (κ3) is 2.11. The van der Waals surface area contributed by atoms with Gasteiger partial charge in [0.15, 0.2) is 0 Å². The molecule has 0 spiro atoms. The van der Waals surface area contributed by atoms with Gasteiger partial charge in [0.2, 0.25) is 0 Å². The smallest absolute Gasteiger partial charge is 0.142 e. The van der Waals surface area contributed by atoms with Crippen LogP contribution in [-0.4, -0.2) is 46.2 Å². The molecule has 112 valence electrons. The van der Waals surface area contributed by atoms with Crippen molar-refractivity contribution in [2.75, 3.05) is 23.9 Å². The van der Waals surface area contributed by atoms with Gasteiger partial charge in [-0.05, 0) is 20.8 Å². The molecule has 0 radical (unpaired) electrons. The molecule has 1 aromatic heterocycles. The Morgan fingerprint density at radius 3 is 1.57 bits per heavy atom. The highest BCUT2D eigenvalue weighted by Crippen LogP contribution is 2.31. The molecule has 0 N–H and O–H groups in total. The number of aromatic nitrogens is 2. The molecule has 0 fully saturated rings. The van der Waals surface area contributed by atoms with Crippen LogP contribution >= 0.6 is 0 Å². The number of hydrogen-bond donors (Lipinski definition) is 0. The van der Waals surface area contributed by atoms with Crippen molar-refractivity contribution < 1.29 is 0 Å². The second-order valence-corrected chi connectivity index (χ2v) is 5.65. The Hall–Kier alpha value is -2.24. The highest BCUT2D eigenvalue weighted by molar-refractivity contribution is 5.63. The van der Waals surface area contributed by atoms with E-state index in [9.17, 15) is 0 Å². The molecule has 0 bridgehead atoms. The summed E-state index contributed by atoms with van der Waals surface area (Å²) in [6.45, 7) is 6.41. The monoisotopic (exact) mass is 286 g/mol. The maximum absolute atomic E-state index is 4.49. The lowest BCUT2D eigenvalue weighted by Gasteiger charge is -2.30. The minimum absolute atomic E-state index is 0.265. The van der Waals surface area contributed by atoms with E-state index in [2.05, 4.69) is 89.2 Å². The maximum atomic E-state index is 4.49. The van der Waals surface area contributed by atoms with Crippen LogP contribution in [0.2, 0.25) is 0 Å². The van der Waals surface area contributed by atoms with Crippen molar-refractivity contribution in [2.45, 2.75) is 33.1 Å². The Morgan fingerprint density at radius 2 is 1.24 bits per heavy atom. The molecule has 0 aliphatic carbocycles. The number of rotatable bonds is 2. The van der Waals surface area contributed by atoms with Gasteiger partial charge in [-0.3, -0.25) is 0 Å². The lowest BCUT2D eigenvalue weighted by molar-refractivity contribution is 0.379. The predicted octanol–water partition coefficient (Wildman–Crippen LogP) is 1.92. The highest BCUT2D eigenvalue weighted by atomic mass is 15.4. The maximum Gasteiger partial charge on any atom is 0.142 e. The van der Waals surface area contributed by atoms with Crippen molar-refractivity contribution in [3.63, 3.8) is 0 Å². The van der Waals surface area contributed by atoms with Crippen molar-refractivity contribution in [3.05, 3.63) is 36.7 Å². The standard InChI is InChI=1S/C15H22N6/c1-11-14(20-8-6-18(4)12(20)2)16-10-17-15(11)21-9-7-19(5)13(21)3/h6-10,12-13H,1-5H3/t12-,13+. The topological polar surface area (TPSA) is 38.7 Å². The first-order chi connectivity index (χ1) is 10.0. The van der Waals surface area contributed by atoms with E-state index in [4.69, 9.17) is 0 Å². The van der Waals surface area contributed by atoms with Crippen LogP contribution in [0.4, 0.5) is 11.6 Å². The number of anilines is 2. The van der Waals surface area contributed by atoms with Crippen LogP contribution in [0.25, 0.3) is 0 Å². The van der Waals surface area contributed by atoms with Crippen LogP contribution in [0.3, 0.4) is 0 Å². The molecule has 3 heterocycles. The van der Waals surface area contributed by atoms with E-state index in [0.29, 0.717) is 0 Å². The first kappa shape index (κ1) is 13.7. The van der Waals surface area contributed by atoms with Crippen molar-refractivity contribution in [1.29, 1.82) is 0 Å². The molecule has 6 nitrogen and oxygen atoms in total. The molecular weight excluding hydrogens is 264 g/mol. The third-order valence-electron chi connectivity index (χ3n) is 4.43. The van der Waals surface area contributed by atoms with Gasteiger partial charge in [0.05, 0.1) is 0 Å². The molecule has 3 rings (SSSR count). The first-order valence-electron chi connectivity index (χ1n) is 7.19. The quantitative estimate of drug-likeness (QED) is 0.827. The summed E-state index contributed by atoms with van der Waals surface area (Å²) in [5, 5.41) is 0. The van der Waals surface area contributed by atoms with Gasteiger partial charge in [-0.1, -0.05) is 0 Å². The number of hydrogen-bond acceptors (Lipinski definition) is 6. The summed E-state index contributed by atoms with van der Waals surface area (Å²) >= 11 is 0. The summed E-state index contributed by atoms with van der Waals surface area (Å²) in [6, 6.07) is 0. The Labute approximate surface area is 126 Å². The second kappa shape index (κ2) is 4.95. The van der Waals surface area contributed by atoms with Gasteiger partial charge in [-0.15, -0.1) is 0 Å². The van der Waals surface area contributed by atoms with Crippen LogP contribution < -0.4 is 9.80 Å². The van der Waals surface area contributed by atoms with E-state index in [1.54, 1.807) is 6.33 Å². The van der Waals surface area contributed by atoms with Crippen LogP contribution in [0.5, 0.6) is 0 Å². The van der Waals surface area contributed by atoms with Gasteiger partial charge in [0, 0.05) is 44.5 Å². The Morgan fingerprint density at radius 1 is 0.810 bits per heavy atom. The van der Waals surface area contributed by atoms with Crippen LogP contribution in [0.1, 0.15) is 19.4 Å². The lowest BCUT2D eigenvalue weighted by atomic mass is 10.2. The molecule has 21 heavy (non-hydrogen) atoms. The van der Waals surface area contributed by atoms with Gasteiger partial charge in [0.1, 0.15) is 30.3 Å². The van der Waals surface area contributed by atoms with Crippen LogP contribution in [-0.2, 0) is 0 Å². The largest absolute Gasteiger partial charge is 0.359 e. The molecule has 0 unspecified atom stereocenters. The Kier molecular flexibility index (Phi) is 3.23. The molecule has 0 saturated carbocycles. The van der Waals surface area contributed by atoms with Gasteiger partial charge in [-0.25, -0.2) is 9.97 Å². The molecular formula is C15H22N6. The van der Waals surface area contributed by atoms with E-state index >= 15 is 0 Å². The molecule has 2 aliphatic rings. The second-order valence-electron chi connectivity index (χ2n) is 5.65. The molecule has 2 aliphatic heterocycles. The zero-order valence-corrected chi connectivity index (χ0v) is 13.2. The lowest BCUT2D eigenvalue weighted by Crippen LogP contribution is -2.36. The molecule has 0 saturated heterocycles. The molecule has 6 heteroatoms. The third-order valence-corrected chi connectivity index (χ3v) is 4.43. The van der Waals surface area contributed by atoms with Crippen molar-refractivity contribution in [2.24, 2.45) is 0 Å². The fourth-order valence-electron chi connectivity index (χ4n) is 2.69. The van der Waals surface area contributed by atoms with Gasteiger partial charge in [0.25, 0.3) is 0 Å². The van der Waals surface area contributed by atoms with Crippen LogP contribution in [0, 0.1) is 6.92 Å². The van der Waals surface area contributed by atoms with Crippen molar-refractivity contribution in [3.8, 4) is 0 Å². The van der Waals surface area contributed by atoms with Crippen molar-refractivity contribution in [1.82, 2.24) is 19.8 Å². The average Bonchev–Trinajstić information content (AvgIpc) is 2.96. The fraction of sp³-hybridized carbons (Fsp3) is 0.467. The molecule has 2 atom stereocenters. The summed E-state index contributed by atoms with van der Waals surface area (Å²) in [5.41, 5.74) is 1.09. The average molecular weight is 286 g/mol. The van der Waals surface area contributed by atoms with E-state index < -0.39 is 0 Å². The molecule has 0 aromatic carbocycles. The molecule has 1 aromatic rings. The van der Waals surface area contributed by atoms with E-state index in [0.717, 1.165) is 17.2 Å². The highest BCUT2D eigenvalue weighted by Gasteiger charge is 2.27. The first-order valence-corrected chi connectivity index (χ1v) is 7.19. The zero-order valence-electron chi connectivity index (χ0n) is 13.2. The normalized spacial score (nSPS) is 24.6. The fourth-order valence-corrected chi connectivity index (χ4v) is 2.69. The number of nitrogens with zero attached hydrogens (tertiary/aromatic N) is 6. The van der Waals surface area contributed by atoms with E-state index in [1.807, 2.05) is 0 Å². The SMILES string of the molecule is Cc1c(N2C=CN(C)[C@H]2C)ncnc1N1C=CN(C)[C@@H]1C. The minimum Gasteiger partial charge on any atom is -0.359 e. The van der Waals surface area contributed by atoms with Gasteiger partial charge >= 0.3 is 0 Å².